The van der Waals surface area contributed by atoms with Crippen LogP contribution in [0.5, 0.6) is 0 Å². The standard InChI is InChI=1S/C30H32N4O4S4/c1-31(2)21-12-8-19(9-13-21)17-24-26(35)33(29(39)41-24)16-6-5-7-23(28(37)38)34-27(36)25(42-30(34)40)18-20-10-14-22(15-11-20)32(3)4/h8-15,17-18,23H,5-7,16H2,1-4H3,(H,37,38)/b24-17+,25-18+. The number of thiocarbonyl (C=S) groups is 2. The van der Waals surface area contributed by atoms with Gasteiger partial charge >= 0.3 is 5.97 Å². The number of unbranched alkanes of at least 4 members (excludes halogenated alkanes) is 1. The van der Waals surface area contributed by atoms with Gasteiger partial charge in [0.25, 0.3) is 11.8 Å². The van der Waals surface area contributed by atoms with E-state index in [4.69, 9.17) is 24.4 Å². The largest absolute Gasteiger partial charge is 0.480 e. The highest BCUT2D eigenvalue weighted by Crippen LogP contribution is 2.36. The third-order valence-electron chi connectivity index (χ3n) is 6.82. The van der Waals surface area contributed by atoms with Gasteiger partial charge in [0.1, 0.15) is 14.7 Å². The lowest BCUT2D eigenvalue weighted by Crippen LogP contribution is -2.44. The van der Waals surface area contributed by atoms with Crippen LogP contribution in [0.2, 0.25) is 0 Å². The van der Waals surface area contributed by atoms with Crippen LogP contribution in [0, 0.1) is 0 Å². The molecule has 2 amide bonds. The second-order valence-electron chi connectivity index (χ2n) is 10.2. The van der Waals surface area contributed by atoms with E-state index >= 15 is 0 Å². The van der Waals surface area contributed by atoms with Crippen LogP contribution in [0.3, 0.4) is 0 Å². The molecule has 2 aromatic carbocycles. The summed E-state index contributed by atoms with van der Waals surface area (Å²) in [6.45, 7) is 0.370. The topological polar surface area (TPSA) is 84.4 Å². The van der Waals surface area contributed by atoms with Crippen molar-refractivity contribution in [2.75, 3.05) is 44.5 Å². The van der Waals surface area contributed by atoms with Gasteiger partial charge < -0.3 is 14.9 Å². The van der Waals surface area contributed by atoms with E-state index in [9.17, 15) is 19.5 Å². The van der Waals surface area contributed by atoms with Gasteiger partial charge in [-0.3, -0.25) is 19.4 Å². The van der Waals surface area contributed by atoms with E-state index in [1.54, 1.807) is 11.0 Å². The highest BCUT2D eigenvalue weighted by atomic mass is 32.2. The summed E-state index contributed by atoms with van der Waals surface area (Å²) in [5, 5.41) is 9.96. The van der Waals surface area contributed by atoms with Gasteiger partial charge in [0.05, 0.1) is 9.81 Å². The average molecular weight is 641 g/mol. The molecule has 2 aliphatic rings. The van der Waals surface area contributed by atoms with Crippen molar-refractivity contribution in [3.8, 4) is 0 Å². The van der Waals surface area contributed by atoms with Crippen LogP contribution in [0.1, 0.15) is 30.4 Å². The normalized spacial score (nSPS) is 18.0. The molecule has 0 aliphatic carbocycles. The Balaban J connectivity index is 1.34. The zero-order valence-electron chi connectivity index (χ0n) is 23.8. The predicted octanol–water partition coefficient (Wildman–Crippen LogP) is 5.54. The van der Waals surface area contributed by atoms with Gasteiger partial charge in [-0.2, -0.15) is 0 Å². The molecule has 1 N–H and O–H groups in total. The summed E-state index contributed by atoms with van der Waals surface area (Å²) in [7, 11) is 7.83. The molecule has 2 fully saturated rings. The Bertz CT molecular complexity index is 1450. The number of hydrogen-bond donors (Lipinski definition) is 1. The summed E-state index contributed by atoms with van der Waals surface area (Å²) in [6, 6.07) is 14.5. The summed E-state index contributed by atoms with van der Waals surface area (Å²) >= 11 is 13.3. The summed E-state index contributed by atoms with van der Waals surface area (Å²) in [5.41, 5.74) is 3.84. The van der Waals surface area contributed by atoms with Crippen LogP contribution in [-0.4, -0.2) is 82.1 Å². The van der Waals surface area contributed by atoms with Crippen molar-refractivity contribution < 1.29 is 19.5 Å². The maximum absolute atomic E-state index is 13.2. The van der Waals surface area contributed by atoms with E-state index in [0.717, 1.165) is 34.3 Å². The van der Waals surface area contributed by atoms with Gasteiger partial charge in [-0.25, -0.2) is 4.79 Å². The van der Waals surface area contributed by atoms with E-state index in [0.29, 0.717) is 33.5 Å². The number of carboxylic acids is 1. The van der Waals surface area contributed by atoms with Crippen LogP contribution in [0.4, 0.5) is 11.4 Å². The Kier molecular flexibility index (Phi) is 10.5. The molecule has 2 aliphatic heterocycles. The van der Waals surface area contributed by atoms with Crippen LogP contribution < -0.4 is 9.80 Å². The molecular formula is C30H32N4O4S4. The van der Waals surface area contributed by atoms with Gasteiger partial charge in [0.15, 0.2) is 0 Å². The summed E-state index contributed by atoms with van der Waals surface area (Å²) < 4.78 is 0.705. The van der Waals surface area contributed by atoms with Crippen LogP contribution in [0.15, 0.2) is 58.3 Å². The van der Waals surface area contributed by atoms with Gasteiger partial charge in [-0.1, -0.05) is 72.2 Å². The first-order valence-electron chi connectivity index (χ1n) is 13.3. The smallest absolute Gasteiger partial charge is 0.326 e. The Morgan fingerprint density at radius 1 is 0.810 bits per heavy atom. The molecular weight excluding hydrogens is 609 g/mol. The molecule has 2 aromatic rings. The first kappa shape index (κ1) is 31.7. The van der Waals surface area contributed by atoms with Gasteiger partial charge in [-0.15, -0.1) is 0 Å². The highest BCUT2D eigenvalue weighted by molar-refractivity contribution is 8.27. The molecule has 220 valence electrons. The van der Waals surface area contributed by atoms with Gasteiger partial charge in [-0.05, 0) is 66.8 Å². The third kappa shape index (κ3) is 7.41. The molecule has 0 aromatic heterocycles. The molecule has 0 spiro atoms. The lowest BCUT2D eigenvalue weighted by atomic mass is 10.1. The fraction of sp³-hybridized carbons (Fsp3) is 0.300. The zero-order chi connectivity index (χ0) is 30.6. The lowest BCUT2D eigenvalue weighted by molar-refractivity contribution is -0.145. The number of aliphatic carboxylic acids is 1. The summed E-state index contributed by atoms with van der Waals surface area (Å²) in [5.74, 6) is -1.68. The van der Waals surface area contributed by atoms with E-state index < -0.39 is 17.9 Å². The maximum atomic E-state index is 13.2. The first-order chi connectivity index (χ1) is 20.0. The molecule has 12 heteroatoms. The highest BCUT2D eigenvalue weighted by Gasteiger charge is 2.40. The Morgan fingerprint density at radius 2 is 1.29 bits per heavy atom. The van der Waals surface area contributed by atoms with Crippen molar-refractivity contribution in [3.05, 3.63) is 69.5 Å². The number of carbonyl (C=O) groups excluding carboxylic acids is 2. The molecule has 2 saturated heterocycles. The second kappa shape index (κ2) is 13.9. The summed E-state index contributed by atoms with van der Waals surface area (Å²) in [6.07, 6.45) is 4.77. The third-order valence-corrected chi connectivity index (χ3v) is 9.53. The zero-order valence-corrected chi connectivity index (χ0v) is 27.0. The molecule has 0 radical (unpaired) electrons. The van der Waals surface area contributed by atoms with Crippen molar-refractivity contribution in [1.29, 1.82) is 0 Å². The molecule has 2 heterocycles. The van der Waals surface area contributed by atoms with Crippen molar-refractivity contribution in [2.45, 2.75) is 25.3 Å². The fourth-order valence-corrected chi connectivity index (χ4v) is 7.12. The number of thioether (sulfide) groups is 2. The Morgan fingerprint density at radius 3 is 1.76 bits per heavy atom. The minimum Gasteiger partial charge on any atom is -0.480 e. The second-order valence-corrected chi connectivity index (χ2v) is 13.6. The number of anilines is 2. The van der Waals surface area contributed by atoms with Crippen LogP contribution in [-0.2, 0) is 14.4 Å². The van der Waals surface area contributed by atoms with E-state index in [1.165, 1.54) is 16.7 Å². The van der Waals surface area contributed by atoms with E-state index in [2.05, 4.69) is 0 Å². The number of carboxylic acid groups (broad SMARTS) is 1. The number of nitrogens with zero attached hydrogens (tertiary/aromatic N) is 4. The molecule has 42 heavy (non-hydrogen) atoms. The molecule has 1 unspecified atom stereocenters. The lowest BCUT2D eigenvalue weighted by Gasteiger charge is -2.23. The number of hydrogen-bond acceptors (Lipinski definition) is 9. The van der Waals surface area contributed by atoms with Gasteiger partial charge in [0.2, 0.25) is 0 Å². The fourth-order valence-electron chi connectivity index (χ4n) is 4.45. The number of amides is 2. The van der Waals surface area contributed by atoms with Crippen molar-refractivity contribution in [2.24, 2.45) is 0 Å². The maximum Gasteiger partial charge on any atom is 0.326 e. The molecule has 4 rings (SSSR count). The quantitative estimate of drug-likeness (QED) is 0.192. The minimum absolute atomic E-state index is 0.155. The number of benzene rings is 2. The Labute approximate surface area is 265 Å². The van der Waals surface area contributed by atoms with Gasteiger partial charge in [0, 0.05) is 46.1 Å². The van der Waals surface area contributed by atoms with Crippen molar-refractivity contribution >= 4 is 97.9 Å². The van der Waals surface area contributed by atoms with Crippen molar-refractivity contribution in [3.63, 3.8) is 0 Å². The molecule has 8 nitrogen and oxygen atoms in total. The predicted molar refractivity (Wildman–Crippen MR) is 182 cm³/mol. The first-order valence-corrected chi connectivity index (χ1v) is 15.7. The SMILES string of the molecule is CN(C)c1ccc(/C=C2/SC(=S)N(CCCCC(C(=O)O)N3C(=O)/C(=C\c4ccc(N(C)C)cc4)SC3=S)C2=O)cc1. The van der Waals surface area contributed by atoms with Crippen LogP contribution in [0.25, 0.3) is 12.2 Å². The summed E-state index contributed by atoms with van der Waals surface area (Å²) in [4.78, 5) is 46.1. The molecule has 1 atom stereocenters. The van der Waals surface area contributed by atoms with E-state index in [-0.39, 0.29) is 16.6 Å². The van der Waals surface area contributed by atoms with Crippen molar-refractivity contribution in [1.82, 2.24) is 9.80 Å². The van der Waals surface area contributed by atoms with Crippen LogP contribution >= 0.6 is 48.0 Å². The number of rotatable bonds is 11. The minimum atomic E-state index is -1.11. The monoisotopic (exact) mass is 640 g/mol. The average Bonchev–Trinajstić information content (AvgIpc) is 3.37. The van der Waals surface area contributed by atoms with E-state index in [1.807, 2.05) is 92.6 Å². The molecule has 0 saturated carbocycles. The Hall–Kier alpha value is -3.19. The number of carbonyl (C=O) groups is 3. The molecule has 0 bridgehead atoms.